The van der Waals surface area contributed by atoms with Crippen molar-refractivity contribution in [1.82, 2.24) is 20.9 Å². The highest BCUT2D eigenvalue weighted by molar-refractivity contribution is 7.11. The molecule has 1 atom stereocenters. The average Bonchev–Trinajstić information content (AvgIpc) is 2.85. The van der Waals surface area contributed by atoms with Gasteiger partial charge in [-0.05, 0) is 20.3 Å². The van der Waals surface area contributed by atoms with Gasteiger partial charge in [-0.3, -0.25) is 4.79 Å². The lowest BCUT2D eigenvalue weighted by molar-refractivity contribution is -0.122. The number of thiazole rings is 1. The average molecular weight is 295 g/mol. The number of hydrogen-bond donors (Lipinski definition) is 3. The van der Waals surface area contributed by atoms with E-state index in [0.29, 0.717) is 19.5 Å². The van der Waals surface area contributed by atoms with Crippen molar-refractivity contribution >= 4 is 23.2 Å². The van der Waals surface area contributed by atoms with Gasteiger partial charge in [0, 0.05) is 36.6 Å². The van der Waals surface area contributed by atoms with Crippen LogP contribution in [0.3, 0.4) is 0 Å². The first-order valence-electron chi connectivity index (χ1n) is 6.90. The maximum Gasteiger partial charge on any atom is 0.220 e. The lowest BCUT2D eigenvalue weighted by Crippen LogP contribution is -2.51. The summed E-state index contributed by atoms with van der Waals surface area (Å²) < 4.78 is 0. The van der Waals surface area contributed by atoms with Gasteiger partial charge in [0.1, 0.15) is 5.01 Å². The van der Waals surface area contributed by atoms with Crippen molar-refractivity contribution in [2.24, 2.45) is 4.99 Å². The van der Waals surface area contributed by atoms with Crippen molar-refractivity contribution in [3.05, 3.63) is 16.1 Å². The van der Waals surface area contributed by atoms with Crippen molar-refractivity contribution in [2.45, 2.75) is 39.3 Å². The van der Waals surface area contributed by atoms with Crippen LogP contribution < -0.4 is 16.0 Å². The number of carbonyl (C=O) groups excluding carboxylic acids is 1. The summed E-state index contributed by atoms with van der Waals surface area (Å²) in [4.78, 5) is 21.2. The number of aromatic nitrogens is 1. The van der Waals surface area contributed by atoms with Gasteiger partial charge >= 0.3 is 0 Å². The third-order valence-electron chi connectivity index (χ3n) is 2.99. The van der Waals surface area contributed by atoms with Crippen LogP contribution in [0.25, 0.3) is 0 Å². The zero-order valence-electron chi connectivity index (χ0n) is 11.9. The molecule has 1 unspecified atom stereocenters. The summed E-state index contributed by atoms with van der Waals surface area (Å²) in [6.45, 7) is 6.11. The Balaban J connectivity index is 1.90. The van der Waals surface area contributed by atoms with E-state index in [1.165, 1.54) is 4.88 Å². The van der Waals surface area contributed by atoms with Gasteiger partial charge in [0.2, 0.25) is 5.91 Å². The van der Waals surface area contributed by atoms with E-state index in [2.05, 4.69) is 25.9 Å². The molecule has 20 heavy (non-hydrogen) atoms. The fourth-order valence-electron chi connectivity index (χ4n) is 1.99. The Morgan fingerprint density at radius 1 is 1.65 bits per heavy atom. The van der Waals surface area contributed by atoms with Crippen LogP contribution in [0.4, 0.5) is 0 Å². The van der Waals surface area contributed by atoms with E-state index in [1.807, 2.05) is 20.0 Å². The summed E-state index contributed by atoms with van der Waals surface area (Å²) >= 11 is 1.66. The number of amides is 1. The first-order chi connectivity index (χ1) is 9.67. The number of aryl methyl sites for hydroxylation is 1. The zero-order valence-corrected chi connectivity index (χ0v) is 12.7. The molecule has 110 valence electrons. The Labute approximate surface area is 123 Å². The van der Waals surface area contributed by atoms with Gasteiger partial charge in [0.15, 0.2) is 5.96 Å². The van der Waals surface area contributed by atoms with Crippen LogP contribution in [0.5, 0.6) is 0 Å². The van der Waals surface area contributed by atoms with Crippen LogP contribution >= 0.6 is 11.3 Å². The molecule has 1 aromatic heterocycles. The Morgan fingerprint density at radius 2 is 2.50 bits per heavy atom. The van der Waals surface area contributed by atoms with Crippen molar-refractivity contribution in [1.29, 1.82) is 0 Å². The second kappa shape index (κ2) is 7.23. The number of nitrogens with zero attached hydrogens (tertiary/aromatic N) is 2. The van der Waals surface area contributed by atoms with E-state index in [1.54, 1.807) is 11.3 Å². The van der Waals surface area contributed by atoms with E-state index in [-0.39, 0.29) is 11.9 Å². The van der Waals surface area contributed by atoms with Crippen molar-refractivity contribution in [3.63, 3.8) is 0 Å². The highest BCUT2D eigenvalue weighted by atomic mass is 32.1. The third kappa shape index (κ3) is 4.48. The molecule has 1 fully saturated rings. The molecule has 1 saturated heterocycles. The second-order valence-electron chi connectivity index (χ2n) is 4.74. The number of rotatable bonds is 4. The van der Waals surface area contributed by atoms with Gasteiger partial charge in [0.05, 0.1) is 6.54 Å². The third-order valence-corrected chi connectivity index (χ3v) is 3.89. The second-order valence-corrected chi connectivity index (χ2v) is 6.06. The van der Waals surface area contributed by atoms with Crippen LogP contribution in [0, 0.1) is 6.92 Å². The quantitative estimate of drug-likeness (QED) is 0.567. The molecule has 0 bridgehead atoms. The molecule has 3 N–H and O–H groups in total. The summed E-state index contributed by atoms with van der Waals surface area (Å²) in [5, 5.41) is 10.4. The fourth-order valence-corrected chi connectivity index (χ4v) is 2.70. The zero-order chi connectivity index (χ0) is 14.4. The molecular weight excluding hydrogens is 274 g/mol. The number of carbonyl (C=O) groups is 1. The molecule has 1 aliphatic rings. The van der Waals surface area contributed by atoms with Crippen molar-refractivity contribution in [2.75, 3.05) is 13.1 Å². The maximum absolute atomic E-state index is 11.1. The van der Waals surface area contributed by atoms with E-state index < -0.39 is 0 Å². The summed E-state index contributed by atoms with van der Waals surface area (Å²) in [6.07, 6.45) is 3.28. The number of aliphatic imine (C=N–C) groups is 1. The highest BCUT2D eigenvalue weighted by Gasteiger charge is 2.18. The van der Waals surface area contributed by atoms with Gasteiger partial charge < -0.3 is 16.0 Å². The molecule has 2 rings (SSSR count). The van der Waals surface area contributed by atoms with E-state index in [0.717, 1.165) is 23.9 Å². The molecule has 1 amide bonds. The van der Waals surface area contributed by atoms with Gasteiger partial charge in [-0.15, -0.1) is 11.3 Å². The summed E-state index contributed by atoms with van der Waals surface area (Å²) in [5.41, 5.74) is 0. The minimum Gasteiger partial charge on any atom is -0.357 e. The molecule has 2 heterocycles. The van der Waals surface area contributed by atoms with Gasteiger partial charge in [-0.1, -0.05) is 0 Å². The van der Waals surface area contributed by atoms with Crippen LogP contribution in [-0.2, 0) is 11.3 Å². The van der Waals surface area contributed by atoms with Gasteiger partial charge in [-0.25, -0.2) is 9.98 Å². The molecule has 1 aliphatic heterocycles. The SMILES string of the molecule is CCNC(=NCc1ncc(C)s1)NC1CCC(=O)NC1. The molecule has 0 radical (unpaired) electrons. The molecular formula is C13H21N5OS. The lowest BCUT2D eigenvalue weighted by Gasteiger charge is -2.25. The highest BCUT2D eigenvalue weighted by Crippen LogP contribution is 2.11. The number of piperidine rings is 1. The summed E-state index contributed by atoms with van der Waals surface area (Å²) in [7, 11) is 0. The van der Waals surface area contributed by atoms with Crippen LogP contribution in [0.15, 0.2) is 11.2 Å². The number of guanidine groups is 1. The summed E-state index contributed by atoms with van der Waals surface area (Å²) in [6, 6.07) is 0.239. The Hall–Kier alpha value is -1.63. The Morgan fingerprint density at radius 3 is 3.10 bits per heavy atom. The van der Waals surface area contributed by atoms with Crippen LogP contribution in [0.1, 0.15) is 29.7 Å². The van der Waals surface area contributed by atoms with Gasteiger partial charge in [0.25, 0.3) is 0 Å². The lowest BCUT2D eigenvalue weighted by atomic mass is 10.1. The molecule has 7 heteroatoms. The van der Waals surface area contributed by atoms with Crippen molar-refractivity contribution < 1.29 is 4.79 Å². The van der Waals surface area contributed by atoms with Gasteiger partial charge in [-0.2, -0.15) is 0 Å². The number of nitrogens with one attached hydrogen (secondary N) is 3. The molecule has 1 aromatic rings. The van der Waals surface area contributed by atoms with E-state index in [9.17, 15) is 4.79 Å². The van der Waals surface area contributed by atoms with Crippen LogP contribution in [0.2, 0.25) is 0 Å². The predicted octanol–water partition coefficient (Wildman–Crippen LogP) is 0.785. The Bertz CT molecular complexity index is 475. The number of hydrogen-bond acceptors (Lipinski definition) is 4. The molecule has 0 aliphatic carbocycles. The Kier molecular flexibility index (Phi) is 5.34. The van der Waals surface area contributed by atoms with E-state index in [4.69, 9.17) is 0 Å². The monoisotopic (exact) mass is 295 g/mol. The largest absolute Gasteiger partial charge is 0.357 e. The predicted molar refractivity (Wildman–Crippen MR) is 80.8 cm³/mol. The first kappa shape index (κ1) is 14.8. The van der Waals surface area contributed by atoms with Crippen LogP contribution in [-0.4, -0.2) is 36.0 Å². The molecule has 0 saturated carbocycles. The fraction of sp³-hybridized carbons (Fsp3) is 0.615. The smallest absolute Gasteiger partial charge is 0.220 e. The molecule has 0 aromatic carbocycles. The summed E-state index contributed by atoms with van der Waals surface area (Å²) in [5.74, 6) is 0.907. The van der Waals surface area contributed by atoms with E-state index >= 15 is 0 Å². The topological polar surface area (TPSA) is 78.4 Å². The normalized spacial score (nSPS) is 19.6. The maximum atomic E-state index is 11.1. The minimum atomic E-state index is 0.128. The standard InChI is InChI=1S/C13H21N5OS/c1-3-14-13(17-8-12-16-6-9(2)20-12)18-10-4-5-11(19)15-7-10/h6,10H,3-5,7-8H2,1-2H3,(H,15,19)(H2,14,17,18). The minimum absolute atomic E-state index is 0.128. The molecule has 0 spiro atoms. The molecule has 6 nitrogen and oxygen atoms in total. The van der Waals surface area contributed by atoms with Crippen molar-refractivity contribution in [3.8, 4) is 0 Å². The first-order valence-corrected chi connectivity index (χ1v) is 7.72.